The zero-order valence-electron chi connectivity index (χ0n) is 9.75. The van der Waals surface area contributed by atoms with Crippen LogP contribution in [0.15, 0.2) is 12.1 Å². The first-order valence-corrected chi connectivity index (χ1v) is 6.02. The van der Waals surface area contributed by atoms with Gasteiger partial charge in [-0.25, -0.2) is 0 Å². The first-order chi connectivity index (χ1) is 7.22. The fraction of sp³-hybridized carbons (Fsp3) is 0.636. The van der Waals surface area contributed by atoms with Crippen LogP contribution in [0, 0.1) is 0 Å². The molecule has 3 nitrogen and oxygen atoms in total. The number of methoxy groups -OCH3 is 1. The Balaban J connectivity index is 2.09. The van der Waals surface area contributed by atoms with Crippen LogP contribution in [0.1, 0.15) is 11.3 Å². The molecular weight excluding hydrogens is 208 g/mol. The van der Waals surface area contributed by atoms with Gasteiger partial charge in [-0.1, -0.05) is 0 Å². The highest BCUT2D eigenvalue weighted by atomic mass is 32.1. The Bertz CT molecular complexity index is 273. The summed E-state index contributed by atoms with van der Waals surface area (Å²) in [7, 11) is 5.91. The third kappa shape index (κ3) is 5.16. The molecule has 15 heavy (non-hydrogen) atoms. The van der Waals surface area contributed by atoms with Crippen LogP contribution < -0.4 is 10.1 Å². The van der Waals surface area contributed by atoms with E-state index in [2.05, 4.69) is 30.4 Å². The number of ether oxygens (including phenoxy) is 1. The van der Waals surface area contributed by atoms with Gasteiger partial charge >= 0.3 is 0 Å². The SMILES string of the molecule is COc1ccc(CNCCCN(C)C)s1. The quantitative estimate of drug-likeness (QED) is 0.720. The minimum atomic E-state index is 0.946. The summed E-state index contributed by atoms with van der Waals surface area (Å²) in [4.78, 5) is 3.53. The number of hydrogen-bond donors (Lipinski definition) is 1. The highest BCUT2D eigenvalue weighted by Gasteiger charge is 1.98. The van der Waals surface area contributed by atoms with E-state index in [9.17, 15) is 0 Å². The molecule has 0 spiro atoms. The van der Waals surface area contributed by atoms with Gasteiger partial charge in [0.2, 0.25) is 0 Å². The molecule has 0 aromatic carbocycles. The summed E-state index contributed by atoms with van der Waals surface area (Å²) in [6.45, 7) is 3.15. The predicted octanol–water partition coefficient (Wildman–Crippen LogP) is 1.80. The lowest BCUT2D eigenvalue weighted by Crippen LogP contribution is -2.20. The highest BCUT2D eigenvalue weighted by molar-refractivity contribution is 7.13. The lowest BCUT2D eigenvalue weighted by molar-refractivity contribution is 0.394. The van der Waals surface area contributed by atoms with Crippen molar-refractivity contribution in [1.82, 2.24) is 10.2 Å². The van der Waals surface area contributed by atoms with Crippen LogP contribution >= 0.6 is 11.3 Å². The summed E-state index contributed by atoms with van der Waals surface area (Å²) in [6, 6.07) is 4.13. The van der Waals surface area contributed by atoms with Crippen molar-refractivity contribution in [2.75, 3.05) is 34.3 Å². The van der Waals surface area contributed by atoms with Crippen LogP contribution in [0.3, 0.4) is 0 Å². The van der Waals surface area contributed by atoms with Gasteiger partial charge in [0.25, 0.3) is 0 Å². The molecule has 1 aromatic heterocycles. The molecule has 1 heterocycles. The van der Waals surface area contributed by atoms with Crippen LogP contribution in [0.25, 0.3) is 0 Å². The fourth-order valence-corrected chi connectivity index (χ4v) is 2.08. The average molecular weight is 228 g/mol. The van der Waals surface area contributed by atoms with Crippen molar-refractivity contribution in [2.24, 2.45) is 0 Å². The van der Waals surface area contributed by atoms with Crippen LogP contribution in [0.2, 0.25) is 0 Å². The van der Waals surface area contributed by atoms with Crippen LogP contribution in [-0.2, 0) is 6.54 Å². The molecule has 0 saturated heterocycles. The van der Waals surface area contributed by atoms with E-state index in [1.807, 2.05) is 6.07 Å². The van der Waals surface area contributed by atoms with Crippen molar-refractivity contribution in [1.29, 1.82) is 0 Å². The van der Waals surface area contributed by atoms with E-state index in [1.54, 1.807) is 18.4 Å². The molecule has 0 bridgehead atoms. The third-order valence-electron chi connectivity index (χ3n) is 2.10. The largest absolute Gasteiger partial charge is 0.487 e. The molecule has 0 aliphatic carbocycles. The Hall–Kier alpha value is -0.580. The molecule has 0 radical (unpaired) electrons. The Morgan fingerprint density at radius 1 is 1.40 bits per heavy atom. The van der Waals surface area contributed by atoms with E-state index >= 15 is 0 Å². The smallest absolute Gasteiger partial charge is 0.173 e. The number of nitrogens with zero attached hydrogens (tertiary/aromatic N) is 1. The molecular formula is C11H20N2OS. The van der Waals surface area contributed by atoms with Gasteiger partial charge in [0.1, 0.15) is 0 Å². The summed E-state index contributed by atoms with van der Waals surface area (Å²) in [5.74, 6) is 0. The Morgan fingerprint density at radius 3 is 2.80 bits per heavy atom. The maximum atomic E-state index is 5.14. The zero-order chi connectivity index (χ0) is 11.1. The van der Waals surface area contributed by atoms with Gasteiger partial charge in [-0.3, -0.25) is 0 Å². The zero-order valence-corrected chi connectivity index (χ0v) is 10.6. The van der Waals surface area contributed by atoms with E-state index in [4.69, 9.17) is 4.74 Å². The molecule has 1 aromatic rings. The van der Waals surface area contributed by atoms with Crippen molar-refractivity contribution in [3.05, 3.63) is 17.0 Å². The number of nitrogens with one attached hydrogen (secondary N) is 1. The van der Waals surface area contributed by atoms with Gasteiger partial charge in [-0.15, -0.1) is 11.3 Å². The lowest BCUT2D eigenvalue weighted by Gasteiger charge is -2.09. The maximum absolute atomic E-state index is 5.14. The molecule has 0 aliphatic rings. The van der Waals surface area contributed by atoms with Gasteiger partial charge in [0, 0.05) is 11.4 Å². The van der Waals surface area contributed by atoms with Crippen molar-refractivity contribution >= 4 is 11.3 Å². The first kappa shape index (κ1) is 12.5. The van der Waals surface area contributed by atoms with E-state index in [1.165, 1.54) is 11.3 Å². The summed E-state index contributed by atoms with van der Waals surface area (Å²) >= 11 is 1.70. The molecule has 0 aliphatic heterocycles. The first-order valence-electron chi connectivity index (χ1n) is 5.20. The molecule has 4 heteroatoms. The summed E-state index contributed by atoms with van der Waals surface area (Å²) in [6.07, 6.45) is 1.19. The minimum absolute atomic E-state index is 0.946. The molecule has 1 rings (SSSR count). The van der Waals surface area contributed by atoms with E-state index in [0.29, 0.717) is 0 Å². The summed E-state index contributed by atoms with van der Waals surface area (Å²) in [5, 5.41) is 4.41. The monoisotopic (exact) mass is 228 g/mol. The van der Waals surface area contributed by atoms with Gasteiger partial charge in [0.05, 0.1) is 7.11 Å². The second-order valence-corrected chi connectivity index (χ2v) is 4.89. The van der Waals surface area contributed by atoms with Crippen LogP contribution in [-0.4, -0.2) is 39.2 Å². The second-order valence-electron chi connectivity index (χ2n) is 3.76. The topological polar surface area (TPSA) is 24.5 Å². The maximum Gasteiger partial charge on any atom is 0.173 e. The Labute approximate surface area is 96.0 Å². The molecule has 0 fully saturated rings. The minimum Gasteiger partial charge on any atom is -0.487 e. The van der Waals surface area contributed by atoms with Crippen LogP contribution in [0.5, 0.6) is 5.06 Å². The average Bonchev–Trinajstić information content (AvgIpc) is 2.65. The molecule has 86 valence electrons. The fourth-order valence-electron chi connectivity index (χ4n) is 1.29. The molecule has 0 atom stereocenters. The van der Waals surface area contributed by atoms with Crippen molar-refractivity contribution in [2.45, 2.75) is 13.0 Å². The number of rotatable bonds is 7. The number of hydrogen-bond acceptors (Lipinski definition) is 4. The second kappa shape index (κ2) is 6.82. The Morgan fingerprint density at radius 2 is 2.20 bits per heavy atom. The third-order valence-corrected chi connectivity index (χ3v) is 3.14. The van der Waals surface area contributed by atoms with Gasteiger partial charge in [0.15, 0.2) is 5.06 Å². The summed E-state index contributed by atoms with van der Waals surface area (Å²) in [5.41, 5.74) is 0. The van der Waals surface area contributed by atoms with E-state index in [0.717, 1.165) is 24.7 Å². The highest BCUT2D eigenvalue weighted by Crippen LogP contribution is 2.23. The lowest BCUT2D eigenvalue weighted by atomic mass is 10.4. The molecule has 0 saturated carbocycles. The number of thiophene rings is 1. The molecule has 0 amide bonds. The molecule has 0 unspecified atom stereocenters. The van der Waals surface area contributed by atoms with Crippen molar-refractivity contribution in [3.8, 4) is 5.06 Å². The summed E-state index contributed by atoms with van der Waals surface area (Å²) < 4.78 is 5.14. The van der Waals surface area contributed by atoms with Gasteiger partial charge in [-0.2, -0.15) is 0 Å². The van der Waals surface area contributed by atoms with E-state index < -0.39 is 0 Å². The Kier molecular flexibility index (Phi) is 5.68. The normalized spacial score (nSPS) is 10.9. The van der Waals surface area contributed by atoms with Crippen LogP contribution in [0.4, 0.5) is 0 Å². The predicted molar refractivity (Wildman–Crippen MR) is 65.7 cm³/mol. The van der Waals surface area contributed by atoms with Gasteiger partial charge in [-0.05, 0) is 45.7 Å². The van der Waals surface area contributed by atoms with Gasteiger partial charge < -0.3 is 15.0 Å². The molecule has 1 N–H and O–H groups in total. The van der Waals surface area contributed by atoms with E-state index in [-0.39, 0.29) is 0 Å². The standard InChI is InChI=1S/C11H20N2OS/c1-13(2)8-4-7-12-9-10-5-6-11(14-3)15-10/h5-6,12H,4,7-9H2,1-3H3. The van der Waals surface area contributed by atoms with Crippen molar-refractivity contribution in [3.63, 3.8) is 0 Å². The van der Waals surface area contributed by atoms with Crippen molar-refractivity contribution < 1.29 is 4.74 Å².